The van der Waals surface area contributed by atoms with E-state index in [0.29, 0.717) is 24.0 Å². The molecule has 1 aromatic carbocycles. The van der Waals surface area contributed by atoms with Crippen molar-refractivity contribution in [3.05, 3.63) is 45.0 Å². The number of benzene rings is 1. The number of nitrogens with one attached hydrogen (secondary N) is 1. The van der Waals surface area contributed by atoms with Crippen LogP contribution in [0.15, 0.2) is 25.8 Å². The highest BCUT2D eigenvalue weighted by atomic mass is 16.4. The van der Waals surface area contributed by atoms with Gasteiger partial charge in [0.2, 0.25) is 5.91 Å². The van der Waals surface area contributed by atoms with Gasteiger partial charge in [-0.1, -0.05) is 13.3 Å². The number of carbonyl (C=O) groups excluding carboxylic acids is 1. The molecule has 0 bridgehead atoms. The van der Waals surface area contributed by atoms with Crippen molar-refractivity contribution in [1.82, 2.24) is 5.32 Å². The van der Waals surface area contributed by atoms with E-state index in [2.05, 4.69) is 5.32 Å². The first-order chi connectivity index (χ1) is 14.9. The van der Waals surface area contributed by atoms with Crippen molar-refractivity contribution < 1.29 is 23.5 Å². The summed E-state index contributed by atoms with van der Waals surface area (Å²) in [6.45, 7) is 3.72. The predicted octanol–water partition coefficient (Wildman–Crippen LogP) is 4.03. The Morgan fingerprint density at radius 1 is 1.13 bits per heavy atom. The van der Waals surface area contributed by atoms with Gasteiger partial charge < -0.3 is 19.3 Å². The number of hydrogen-bond donors (Lipinski definition) is 2. The first kappa shape index (κ1) is 21.2. The van der Waals surface area contributed by atoms with E-state index >= 15 is 0 Å². The van der Waals surface area contributed by atoms with Gasteiger partial charge in [0.1, 0.15) is 23.0 Å². The lowest BCUT2D eigenvalue weighted by Crippen LogP contribution is -2.40. The van der Waals surface area contributed by atoms with E-state index in [1.165, 1.54) is 5.56 Å². The third-order valence-electron chi connectivity index (χ3n) is 6.18. The fraction of sp³-hybridized carbons (Fsp3) is 0.458. The molecule has 7 heteroatoms. The Morgan fingerprint density at radius 3 is 2.61 bits per heavy atom. The number of carbonyl (C=O) groups is 2. The van der Waals surface area contributed by atoms with Crippen LogP contribution in [-0.4, -0.2) is 23.0 Å². The van der Waals surface area contributed by atoms with Crippen molar-refractivity contribution in [2.24, 2.45) is 0 Å². The van der Waals surface area contributed by atoms with Gasteiger partial charge >= 0.3 is 11.6 Å². The van der Waals surface area contributed by atoms with Crippen LogP contribution in [0, 0.1) is 6.92 Å². The van der Waals surface area contributed by atoms with Crippen molar-refractivity contribution in [2.75, 3.05) is 0 Å². The molecule has 1 atom stereocenters. The second-order valence-corrected chi connectivity index (χ2v) is 8.30. The summed E-state index contributed by atoms with van der Waals surface area (Å²) >= 11 is 0. The van der Waals surface area contributed by atoms with Crippen LogP contribution in [0.5, 0.6) is 0 Å². The van der Waals surface area contributed by atoms with E-state index in [4.69, 9.17) is 8.83 Å². The molecule has 1 aliphatic carbocycles. The number of hydrogen-bond acceptors (Lipinski definition) is 5. The van der Waals surface area contributed by atoms with Crippen LogP contribution < -0.4 is 10.9 Å². The number of rotatable bonds is 7. The number of carboxylic acid groups (broad SMARTS) is 1. The van der Waals surface area contributed by atoms with Gasteiger partial charge in [0, 0.05) is 40.8 Å². The predicted molar refractivity (Wildman–Crippen MR) is 116 cm³/mol. The van der Waals surface area contributed by atoms with Crippen molar-refractivity contribution >= 4 is 33.8 Å². The zero-order chi connectivity index (χ0) is 22.1. The molecule has 0 saturated carbocycles. The third-order valence-corrected chi connectivity index (χ3v) is 6.18. The Kier molecular flexibility index (Phi) is 5.85. The van der Waals surface area contributed by atoms with Crippen molar-refractivity contribution in [2.45, 2.75) is 71.3 Å². The molecule has 0 unspecified atom stereocenters. The molecule has 0 radical (unpaired) electrons. The Labute approximate surface area is 179 Å². The molecule has 1 amide bonds. The van der Waals surface area contributed by atoms with Gasteiger partial charge in [-0.25, -0.2) is 9.59 Å². The second-order valence-electron chi connectivity index (χ2n) is 8.30. The zero-order valence-corrected chi connectivity index (χ0v) is 17.9. The zero-order valence-electron chi connectivity index (χ0n) is 17.9. The maximum atomic E-state index is 12.6. The monoisotopic (exact) mass is 425 g/mol. The molecular formula is C24H27NO6. The fourth-order valence-electron chi connectivity index (χ4n) is 4.48. The third kappa shape index (κ3) is 4.09. The van der Waals surface area contributed by atoms with E-state index in [-0.39, 0.29) is 18.7 Å². The molecule has 2 heterocycles. The topological polar surface area (TPSA) is 110 Å². The van der Waals surface area contributed by atoms with Crippen LogP contribution in [0.2, 0.25) is 0 Å². The smallest absolute Gasteiger partial charge is 0.339 e. The lowest BCUT2D eigenvalue weighted by molar-refractivity contribution is -0.142. The van der Waals surface area contributed by atoms with Gasteiger partial charge in [-0.05, 0) is 50.7 Å². The second kappa shape index (κ2) is 8.57. The van der Waals surface area contributed by atoms with Crippen LogP contribution >= 0.6 is 0 Å². The first-order valence-corrected chi connectivity index (χ1v) is 10.9. The quantitative estimate of drug-likeness (QED) is 0.553. The molecule has 0 aliphatic heterocycles. The summed E-state index contributed by atoms with van der Waals surface area (Å²) in [5.74, 6) is -0.420. The van der Waals surface area contributed by atoms with Gasteiger partial charge in [-0.2, -0.15) is 0 Å². The number of furan rings is 1. The standard InChI is InChI=1S/C24H27NO6/c1-3-6-18(23(27)28)25-22(26)10-9-14-13(2)16-11-17-15-7-4-5-8-19(15)30-21(17)12-20(16)31-24(14)29/h11-12,18H,3-10H2,1-2H3,(H,25,26)(H,27,28)/t18-/m0/s1. The highest BCUT2D eigenvalue weighted by Gasteiger charge is 2.22. The normalized spacial score (nSPS) is 14.5. The lowest BCUT2D eigenvalue weighted by atomic mass is 9.94. The molecular weight excluding hydrogens is 398 g/mol. The van der Waals surface area contributed by atoms with Crippen LogP contribution in [0.4, 0.5) is 0 Å². The summed E-state index contributed by atoms with van der Waals surface area (Å²) < 4.78 is 11.6. The summed E-state index contributed by atoms with van der Waals surface area (Å²) in [7, 11) is 0. The van der Waals surface area contributed by atoms with Crippen molar-refractivity contribution in [3.8, 4) is 0 Å². The average Bonchev–Trinajstić information content (AvgIpc) is 3.09. The van der Waals surface area contributed by atoms with Gasteiger partial charge in [0.15, 0.2) is 0 Å². The minimum atomic E-state index is -1.05. The summed E-state index contributed by atoms with van der Waals surface area (Å²) in [4.78, 5) is 36.1. The highest BCUT2D eigenvalue weighted by molar-refractivity contribution is 5.97. The molecule has 7 nitrogen and oxygen atoms in total. The number of aryl methyl sites for hydroxylation is 3. The first-order valence-electron chi connectivity index (χ1n) is 10.9. The molecule has 31 heavy (non-hydrogen) atoms. The molecule has 0 saturated heterocycles. The number of fused-ring (bicyclic) bond motifs is 4. The Hall–Kier alpha value is -3.09. The average molecular weight is 425 g/mol. The van der Waals surface area contributed by atoms with Crippen molar-refractivity contribution in [1.29, 1.82) is 0 Å². The molecule has 4 rings (SSSR count). The fourth-order valence-corrected chi connectivity index (χ4v) is 4.48. The van der Waals surface area contributed by atoms with Gasteiger partial charge in [0.25, 0.3) is 0 Å². The maximum absolute atomic E-state index is 12.6. The minimum absolute atomic E-state index is 0.0218. The Morgan fingerprint density at radius 2 is 1.87 bits per heavy atom. The van der Waals surface area contributed by atoms with E-state index in [1.807, 2.05) is 19.9 Å². The number of amides is 1. The summed E-state index contributed by atoms with van der Waals surface area (Å²) in [6.07, 6.45) is 5.40. The van der Waals surface area contributed by atoms with E-state index in [9.17, 15) is 19.5 Å². The highest BCUT2D eigenvalue weighted by Crippen LogP contribution is 2.35. The maximum Gasteiger partial charge on any atom is 0.339 e. The van der Waals surface area contributed by atoms with Gasteiger partial charge in [-0.3, -0.25) is 4.79 Å². The summed E-state index contributed by atoms with van der Waals surface area (Å²) in [5, 5.41) is 13.6. The Balaban J connectivity index is 1.62. The summed E-state index contributed by atoms with van der Waals surface area (Å²) in [6, 6.07) is 2.91. The molecule has 3 aromatic rings. The van der Waals surface area contributed by atoms with E-state index in [0.717, 1.165) is 53.4 Å². The Bertz CT molecular complexity index is 1220. The SMILES string of the molecule is CCC[C@H](NC(=O)CCc1c(C)c2cc3c4c(oc3cc2oc1=O)CCCC4)C(=O)O. The molecule has 0 spiro atoms. The van der Waals surface area contributed by atoms with Gasteiger partial charge in [-0.15, -0.1) is 0 Å². The van der Waals surface area contributed by atoms with E-state index < -0.39 is 17.6 Å². The van der Waals surface area contributed by atoms with Crippen LogP contribution in [0.25, 0.3) is 21.9 Å². The lowest BCUT2D eigenvalue weighted by Gasteiger charge is -2.14. The largest absolute Gasteiger partial charge is 0.480 e. The molecule has 2 N–H and O–H groups in total. The van der Waals surface area contributed by atoms with Crippen LogP contribution in [0.1, 0.15) is 61.5 Å². The summed E-state index contributed by atoms with van der Waals surface area (Å²) in [5.41, 5.74) is 3.21. The van der Waals surface area contributed by atoms with Crippen LogP contribution in [-0.2, 0) is 28.9 Å². The minimum Gasteiger partial charge on any atom is -0.480 e. The molecule has 164 valence electrons. The van der Waals surface area contributed by atoms with Gasteiger partial charge in [0.05, 0.1) is 0 Å². The number of carboxylic acids is 1. The molecule has 0 fully saturated rings. The van der Waals surface area contributed by atoms with E-state index in [1.54, 1.807) is 6.07 Å². The van der Waals surface area contributed by atoms with Crippen LogP contribution in [0.3, 0.4) is 0 Å². The molecule has 1 aliphatic rings. The number of aliphatic carboxylic acids is 1. The van der Waals surface area contributed by atoms with Crippen molar-refractivity contribution in [3.63, 3.8) is 0 Å². The molecule has 2 aromatic heterocycles.